The summed E-state index contributed by atoms with van der Waals surface area (Å²) in [5.74, 6) is -2.01. The summed E-state index contributed by atoms with van der Waals surface area (Å²) in [7, 11) is 0. The molecule has 0 radical (unpaired) electrons. The summed E-state index contributed by atoms with van der Waals surface area (Å²) >= 11 is 0. The smallest absolute Gasteiger partial charge is 0.335 e. The fraction of sp³-hybridized carbons (Fsp3) is 0.357. The van der Waals surface area contributed by atoms with Crippen LogP contribution in [-0.4, -0.2) is 47.0 Å². The Morgan fingerprint density at radius 1 is 1.30 bits per heavy atom. The number of hydrogen-bond acceptors (Lipinski definition) is 4. The second kappa shape index (κ2) is 5.42. The highest BCUT2D eigenvalue weighted by molar-refractivity contribution is 6.22. The highest BCUT2D eigenvalue weighted by atomic mass is 16.5. The second-order valence-electron chi connectivity index (χ2n) is 4.55. The number of carboxylic acid groups (broad SMARTS) is 1. The number of ether oxygens (including phenoxy) is 1. The van der Waals surface area contributed by atoms with Crippen LogP contribution in [0.4, 0.5) is 0 Å². The van der Waals surface area contributed by atoms with Crippen molar-refractivity contribution in [2.45, 2.75) is 19.9 Å². The van der Waals surface area contributed by atoms with Gasteiger partial charge in [0.1, 0.15) is 0 Å². The molecule has 0 fully saturated rings. The molecule has 0 aromatic heterocycles. The van der Waals surface area contributed by atoms with E-state index in [4.69, 9.17) is 9.84 Å². The van der Waals surface area contributed by atoms with Crippen LogP contribution in [-0.2, 0) is 4.74 Å². The molecule has 0 saturated carbocycles. The highest BCUT2D eigenvalue weighted by Crippen LogP contribution is 2.25. The van der Waals surface area contributed by atoms with Gasteiger partial charge >= 0.3 is 5.97 Å². The van der Waals surface area contributed by atoms with Crippen molar-refractivity contribution in [2.24, 2.45) is 0 Å². The molecule has 0 aliphatic carbocycles. The third-order valence-corrected chi connectivity index (χ3v) is 3.17. The van der Waals surface area contributed by atoms with E-state index in [0.717, 1.165) is 4.90 Å². The molecule has 2 rings (SSSR count). The second-order valence-corrected chi connectivity index (χ2v) is 4.55. The van der Waals surface area contributed by atoms with Crippen LogP contribution in [0, 0.1) is 0 Å². The van der Waals surface area contributed by atoms with Gasteiger partial charge in [0.2, 0.25) is 0 Å². The van der Waals surface area contributed by atoms with Crippen LogP contribution >= 0.6 is 0 Å². The minimum absolute atomic E-state index is 0.00999. The van der Waals surface area contributed by atoms with E-state index in [2.05, 4.69) is 0 Å². The van der Waals surface area contributed by atoms with E-state index < -0.39 is 23.8 Å². The van der Waals surface area contributed by atoms with Crippen LogP contribution in [0.3, 0.4) is 0 Å². The molecule has 1 aromatic carbocycles. The molecular weight excluding hydrogens is 262 g/mol. The van der Waals surface area contributed by atoms with Crippen molar-refractivity contribution in [3.05, 3.63) is 34.9 Å². The number of benzene rings is 1. The summed E-state index contributed by atoms with van der Waals surface area (Å²) in [5.41, 5.74) is 0.366. The Bertz CT molecular complexity index is 581. The van der Waals surface area contributed by atoms with Crippen molar-refractivity contribution in [1.29, 1.82) is 0 Å². The molecule has 1 aromatic rings. The van der Waals surface area contributed by atoms with Crippen molar-refractivity contribution in [3.63, 3.8) is 0 Å². The lowest BCUT2D eigenvalue weighted by atomic mass is 10.1. The molecule has 20 heavy (non-hydrogen) atoms. The summed E-state index contributed by atoms with van der Waals surface area (Å²) in [4.78, 5) is 36.5. The molecule has 1 unspecified atom stereocenters. The van der Waals surface area contributed by atoms with Crippen molar-refractivity contribution in [1.82, 2.24) is 4.90 Å². The molecule has 6 heteroatoms. The summed E-state index contributed by atoms with van der Waals surface area (Å²) in [6.07, 6.45) is 0. The lowest BCUT2D eigenvalue weighted by Crippen LogP contribution is -2.40. The number of carboxylic acids is 1. The van der Waals surface area contributed by atoms with Gasteiger partial charge < -0.3 is 9.84 Å². The number of carbonyl (C=O) groups excluding carboxylic acids is 2. The van der Waals surface area contributed by atoms with E-state index in [1.54, 1.807) is 6.92 Å². The highest BCUT2D eigenvalue weighted by Gasteiger charge is 2.38. The third kappa shape index (κ3) is 2.30. The Morgan fingerprint density at radius 2 is 1.95 bits per heavy atom. The first-order valence-electron chi connectivity index (χ1n) is 6.30. The summed E-state index contributed by atoms with van der Waals surface area (Å²) in [6, 6.07) is 3.55. The normalized spacial score (nSPS) is 15.4. The largest absolute Gasteiger partial charge is 0.478 e. The lowest BCUT2D eigenvalue weighted by molar-refractivity contribution is 0.0446. The van der Waals surface area contributed by atoms with Gasteiger partial charge in [0.15, 0.2) is 0 Å². The maximum Gasteiger partial charge on any atom is 0.335 e. The first-order chi connectivity index (χ1) is 9.47. The predicted octanol–water partition coefficient (Wildman–Crippen LogP) is 1.41. The average Bonchev–Trinajstić information content (AvgIpc) is 2.68. The zero-order valence-corrected chi connectivity index (χ0v) is 11.3. The van der Waals surface area contributed by atoms with E-state index in [-0.39, 0.29) is 23.3 Å². The molecule has 0 spiro atoms. The van der Waals surface area contributed by atoms with Gasteiger partial charge in [-0.05, 0) is 32.0 Å². The van der Waals surface area contributed by atoms with Crippen molar-refractivity contribution in [3.8, 4) is 0 Å². The van der Waals surface area contributed by atoms with Crippen LogP contribution in [0.15, 0.2) is 18.2 Å². The van der Waals surface area contributed by atoms with Gasteiger partial charge in [0.25, 0.3) is 11.8 Å². The van der Waals surface area contributed by atoms with Crippen LogP contribution in [0.5, 0.6) is 0 Å². The Hall–Kier alpha value is -2.21. The van der Waals surface area contributed by atoms with E-state index in [0.29, 0.717) is 6.61 Å². The molecule has 1 aliphatic heterocycles. The number of nitrogens with zero attached hydrogens (tertiary/aromatic N) is 1. The Morgan fingerprint density at radius 3 is 2.55 bits per heavy atom. The third-order valence-electron chi connectivity index (χ3n) is 3.17. The molecule has 0 bridgehead atoms. The van der Waals surface area contributed by atoms with Gasteiger partial charge in [-0.15, -0.1) is 0 Å². The fourth-order valence-corrected chi connectivity index (χ4v) is 2.16. The number of amides is 2. The number of fused-ring (bicyclic) bond motifs is 1. The van der Waals surface area contributed by atoms with Gasteiger partial charge in [-0.1, -0.05) is 0 Å². The Balaban J connectivity index is 2.32. The molecule has 1 heterocycles. The van der Waals surface area contributed by atoms with Gasteiger partial charge in [-0.2, -0.15) is 0 Å². The number of hydrogen-bond donors (Lipinski definition) is 1. The van der Waals surface area contributed by atoms with Crippen LogP contribution < -0.4 is 0 Å². The summed E-state index contributed by atoms with van der Waals surface area (Å²) in [6.45, 7) is 4.30. The molecular formula is C14H15NO5. The topological polar surface area (TPSA) is 83.9 Å². The van der Waals surface area contributed by atoms with E-state index in [9.17, 15) is 14.4 Å². The van der Waals surface area contributed by atoms with Crippen molar-refractivity contribution in [2.75, 3.05) is 13.2 Å². The monoisotopic (exact) mass is 277 g/mol. The van der Waals surface area contributed by atoms with E-state index in [1.165, 1.54) is 18.2 Å². The SMILES string of the molecule is CCOCC(C)N1C(=O)c2ccc(C(=O)O)cc2C1=O. The standard InChI is InChI=1S/C14H15NO5/c1-3-20-7-8(2)15-12(16)10-5-4-9(14(18)19)6-11(10)13(15)17/h4-6,8H,3,7H2,1-2H3,(H,18,19). The van der Waals surface area contributed by atoms with Gasteiger partial charge in [0, 0.05) is 6.61 Å². The fourth-order valence-electron chi connectivity index (χ4n) is 2.16. The zero-order valence-electron chi connectivity index (χ0n) is 11.3. The average molecular weight is 277 g/mol. The molecule has 1 atom stereocenters. The molecule has 1 N–H and O–H groups in total. The Labute approximate surface area is 115 Å². The van der Waals surface area contributed by atoms with Crippen LogP contribution in [0.2, 0.25) is 0 Å². The maximum absolute atomic E-state index is 12.2. The van der Waals surface area contributed by atoms with Crippen molar-refractivity contribution < 1.29 is 24.2 Å². The minimum atomic E-state index is -1.13. The van der Waals surface area contributed by atoms with Gasteiger partial charge in [0.05, 0.1) is 29.3 Å². The number of imide groups is 1. The zero-order chi connectivity index (χ0) is 14.9. The molecule has 0 saturated heterocycles. The first kappa shape index (κ1) is 14.2. The summed E-state index contributed by atoms with van der Waals surface area (Å²) < 4.78 is 5.22. The minimum Gasteiger partial charge on any atom is -0.478 e. The van der Waals surface area contributed by atoms with E-state index in [1.807, 2.05) is 6.92 Å². The molecule has 6 nitrogen and oxygen atoms in total. The predicted molar refractivity (Wildman–Crippen MR) is 69.9 cm³/mol. The van der Waals surface area contributed by atoms with Gasteiger partial charge in [-0.25, -0.2) is 4.79 Å². The quantitative estimate of drug-likeness (QED) is 0.822. The van der Waals surface area contributed by atoms with Gasteiger partial charge in [-0.3, -0.25) is 14.5 Å². The number of aromatic carboxylic acids is 1. The number of rotatable bonds is 5. The molecule has 106 valence electrons. The van der Waals surface area contributed by atoms with Crippen LogP contribution in [0.1, 0.15) is 44.9 Å². The lowest BCUT2D eigenvalue weighted by Gasteiger charge is -2.21. The molecule has 1 aliphatic rings. The van der Waals surface area contributed by atoms with Crippen molar-refractivity contribution >= 4 is 17.8 Å². The molecule has 2 amide bonds. The number of carbonyl (C=O) groups is 3. The van der Waals surface area contributed by atoms with Crippen LogP contribution in [0.25, 0.3) is 0 Å². The Kier molecular flexibility index (Phi) is 3.85. The summed E-state index contributed by atoms with van der Waals surface area (Å²) in [5, 5.41) is 8.93. The first-order valence-corrected chi connectivity index (χ1v) is 6.30. The maximum atomic E-state index is 12.2. The van der Waals surface area contributed by atoms with E-state index >= 15 is 0 Å².